The van der Waals surface area contributed by atoms with Crippen LogP contribution in [0.2, 0.25) is 0 Å². The van der Waals surface area contributed by atoms with Crippen molar-refractivity contribution < 1.29 is 9.53 Å². The predicted molar refractivity (Wildman–Crippen MR) is 65.6 cm³/mol. The van der Waals surface area contributed by atoms with E-state index in [4.69, 9.17) is 4.74 Å². The highest BCUT2D eigenvalue weighted by Gasteiger charge is 2.19. The molecule has 88 valence electrons. The van der Waals surface area contributed by atoms with Gasteiger partial charge in [-0.1, -0.05) is 18.2 Å². The largest absolute Gasteiger partial charge is 0.374 e. The molecule has 0 aliphatic rings. The van der Waals surface area contributed by atoms with Gasteiger partial charge in [0, 0.05) is 13.5 Å². The first-order chi connectivity index (χ1) is 7.51. The molecule has 0 N–H and O–H groups in total. The maximum atomic E-state index is 10.4. The number of carbonyl (C=O) groups is 1. The van der Waals surface area contributed by atoms with Crippen molar-refractivity contribution in [2.75, 3.05) is 7.11 Å². The second-order valence-corrected chi connectivity index (χ2v) is 4.56. The number of aldehydes is 1. The third kappa shape index (κ3) is 2.92. The van der Waals surface area contributed by atoms with Gasteiger partial charge in [-0.25, -0.2) is 0 Å². The first-order valence-electron chi connectivity index (χ1n) is 5.60. The number of carbonyl (C=O) groups excluding carboxylic acids is 1. The van der Waals surface area contributed by atoms with Gasteiger partial charge in [-0.3, -0.25) is 0 Å². The lowest BCUT2D eigenvalue weighted by molar-refractivity contribution is -0.107. The van der Waals surface area contributed by atoms with E-state index in [1.165, 1.54) is 11.1 Å². The molecule has 0 heterocycles. The summed E-state index contributed by atoms with van der Waals surface area (Å²) in [7, 11) is 1.71. The van der Waals surface area contributed by atoms with Gasteiger partial charge in [0.2, 0.25) is 0 Å². The van der Waals surface area contributed by atoms with E-state index in [1.807, 2.05) is 13.8 Å². The Hall–Kier alpha value is -1.15. The third-order valence-corrected chi connectivity index (χ3v) is 3.09. The Labute approximate surface area is 97.6 Å². The summed E-state index contributed by atoms with van der Waals surface area (Å²) >= 11 is 0. The van der Waals surface area contributed by atoms with E-state index in [2.05, 4.69) is 25.1 Å². The quantitative estimate of drug-likeness (QED) is 0.713. The number of aryl methyl sites for hydroxylation is 2. The molecule has 0 aromatic heterocycles. The van der Waals surface area contributed by atoms with Gasteiger partial charge in [0.25, 0.3) is 0 Å². The van der Waals surface area contributed by atoms with Crippen LogP contribution in [-0.4, -0.2) is 13.4 Å². The third-order valence-electron chi connectivity index (χ3n) is 3.09. The summed E-state index contributed by atoms with van der Waals surface area (Å²) in [6.07, 6.45) is 2.36. The van der Waals surface area contributed by atoms with E-state index in [-0.39, 0.29) is 5.60 Å². The van der Waals surface area contributed by atoms with Crippen LogP contribution in [0.5, 0.6) is 0 Å². The second-order valence-electron chi connectivity index (χ2n) is 4.56. The minimum absolute atomic E-state index is 0.274. The Kier molecular flexibility index (Phi) is 4.25. The number of benzene rings is 1. The lowest BCUT2D eigenvalue weighted by Crippen LogP contribution is -2.19. The van der Waals surface area contributed by atoms with Gasteiger partial charge >= 0.3 is 0 Å². The van der Waals surface area contributed by atoms with Crippen LogP contribution in [0.1, 0.15) is 37.0 Å². The molecule has 1 aromatic carbocycles. The van der Waals surface area contributed by atoms with Crippen LogP contribution in [0.25, 0.3) is 0 Å². The summed E-state index contributed by atoms with van der Waals surface area (Å²) in [5.41, 5.74) is 3.35. The summed E-state index contributed by atoms with van der Waals surface area (Å²) < 4.78 is 5.45. The minimum atomic E-state index is -0.274. The van der Waals surface area contributed by atoms with E-state index >= 15 is 0 Å². The summed E-state index contributed by atoms with van der Waals surface area (Å²) in [5, 5.41) is 0. The summed E-state index contributed by atoms with van der Waals surface area (Å²) in [5.74, 6) is 0. The molecule has 0 aliphatic heterocycles. The topological polar surface area (TPSA) is 26.3 Å². The Balaban J connectivity index is 3.02. The molecule has 0 unspecified atom stereocenters. The smallest absolute Gasteiger partial charge is 0.120 e. The van der Waals surface area contributed by atoms with E-state index in [0.717, 1.165) is 18.3 Å². The fraction of sp³-hybridized carbons (Fsp3) is 0.500. The van der Waals surface area contributed by atoms with Crippen LogP contribution in [-0.2, 0) is 21.6 Å². The molecule has 1 rings (SSSR count). The highest BCUT2D eigenvalue weighted by molar-refractivity contribution is 5.50. The fourth-order valence-electron chi connectivity index (χ4n) is 1.65. The highest BCUT2D eigenvalue weighted by Crippen LogP contribution is 2.26. The average Bonchev–Trinajstić information content (AvgIpc) is 2.27. The molecule has 16 heavy (non-hydrogen) atoms. The van der Waals surface area contributed by atoms with Gasteiger partial charge in [-0.15, -0.1) is 0 Å². The number of ether oxygens (including phenoxy) is 1. The first-order valence-corrected chi connectivity index (χ1v) is 5.60. The average molecular weight is 220 g/mol. The number of hydrogen-bond donors (Lipinski definition) is 0. The van der Waals surface area contributed by atoms with Crippen LogP contribution >= 0.6 is 0 Å². The van der Waals surface area contributed by atoms with Crippen molar-refractivity contribution in [3.63, 3.8) is 0 Å². The van der Waals surface area contributed by atoms with Crippen LogP contribution in [0.15, 0.2) is 18.2 Å². The van der Waals surface area contributed by atoms with E-state index in [0.29, 0.717) is 6.42 Å². The Morgan fingerprint density at radius 2 is 2.06 bits per heavy atom. The Morgan fingerprint density at radius 1 is 1.38 bits per heavy atom. The monoisotopic (exact) mass is 220 g/mol. The van der Waals surface area contributed by atoms with Gasteiger partial charge in [0.1, 0.15) is 6.29 Å². The van der Waals surface area contributed by atoms with Crippen LogP contribution < -0.4 is 0 Å². The van der Waals surface area contributed by atoms with Crippen molar-refractivity contribution in [1.29, 1.82) is 0 Å². The van der Waals surface area contributed by atoms with Gasteiger partial charge in [0.15, 0.2) is 0 Å². The molecule has 0 spiro atoms. The number of rotatable bonds is 5. The summed E-state index contributed by atoms with van der Waals surface area (Å²) in [6.45, 7) is 6.16. The molecule has 0 atom stereocenters. The summed E-state index contributed by atoms with van der Waals surface area (Å²) in [6, 6.07) is 6.32. The number of methoxy groups -OCH3 is 1. The van der Waals surface area contributed by atoms with Crippen molar-refractivity contribution in [2.24, 2.45) is 0 Å². The summed E-state index contributed by atoms with van der Waals surface area (Å²) in [4.78, 5) is 10.4. The van der Waals surface area contributed by atoms with Crippen LogP contribution in [0.4, 0.5) is 0 Å². The van der Waals surface area contributed by atoms with Gasteiger partial charge in [-0.2, -0.15) is 0 Å². The molecule has 2 nitrogen and oxygen atoms in total. The maximum Gasteiger partial charge on any atom is 0.120 e. The van der Waals surface area contributed by atoms with Crippen LogP contribution in [0.3, 0.4) is 0 Å². The Morgan fingerprint density at radius 3 is 2.62 bits per heavy atom. The molecule has 0 saturated heterocycles. The zero-order chi connectivity index (χ0) is 12.2. The van der Waals surface area contributed by atoms with Crippen molar-refractivity contribution in [3.05, 3.63) is 34.9 Å². The minimum Gasteiger partial charge on any atom is -0.374 e. The molecular weight excluding hydrogens is 200 g/mol. The van der Waals surface area contributed by atoms with Gasteiger partial charge in [0.05, 0.1) is 5.60 Å². The van der Waals surface area contributed by atoms with E-state index in [9.17, 15) is 4.79 Å². The van der Waals surface area contributed by atoms with Crippen molar-refractivity contribution in [3.8, 4) is 0 Å². The molecule has 0 amide bonds. The molecule has 0 aliphatic carbocycles. The zero-order valence-electron chi connectivity index (χ0n) is 10.5. The molecule has 0 bridgehead atoms. The number of hydrogen-bond acceptors (Lipinski definition) is 2. The second kappa shape index (κ2) is 5.26. The van der Waals surface area contributed by atoms with Crippen molar-refractivity contribution in [2.45, 2.75) is 39.2 Å². The lowest BCUT2D eigenvalue weighted by atomic mass is 9.92. The van der Waals surface area contributed by atoms with Crippen molar-refractivity contribution >= 4 is 6.29 Å². The molecule has 1 aromatic rings. The predicted octanol–water partition coefficient (Wildman–Crippen LogP) is 3.01. The van der Waals surface area contributed by atoms with Gasteiger partial charge in [-0.05, 0) is 43.9 Å². The maximum absolute atomic E-state index is 10.4. The molecular formula is C14H20O2. The molecule has 2 heteroatoms. The van der Waals surface area contributed by atoms with E-state index in [1.54, 1.807) is 7.11 Å². The fourth-order valence-corrected chi connectivity index (χ4v) is 1.65. The lowest BCUT2D eigenvalue weighted by Gasteiger charge is -2.24. The normalized spacial score (nSPS) is 11.5. The van der Waals surface area contributed by atoms with Crippen LogP contribution in [0, 0.1) is 6.92 Å². The standard InChI is InChI=1S/C14H20O2/c1-11-7-8-13(14(2,3)16-4)10-12(11)6-5-9-15/h7-10H,5-6H2,1-4H3. The molecule has 0 saturated carbocycles. The van der Waals surface area contributed by atoms with E-state index < -0.39 is 0 Å². The molecule has 0 fully saturated rings. The highest BCUT2D eigenvalue weighted by atomic mass is 16.5. The molecule has 0 radical (unpaired) electrons. The SMILES string of the molecule is COC(C)(C)c1ccc(C)c(CCC=O)c1. The first kappa shape index (κ1) is 12.9. The van der Waals surface area contributed by atoms with Crippen molar-refractivity contribution in [1.82, 2.24) is 0 Å². The zero-order valence-corrected chi connectivity index (χ0v) is 10.5. The van der Waals surface area contributed by atoms with Gasteiger partial charge < -0.3 is 9.53 Å². The Bertz CT molecular complexity index is 367.